The normalized spacial score (nSPS) is 13.1. The van der Waals surface area contributed by atoms with Crippen LogP contribution in [0.3, 0.4) is 0 Å². The number of benzene rings is 2. The summed E-state index contributed by atoms with van der Waals surface area (Å²) in [6.45, 7) is 2.85. The number of halogens is 1. The maximum Gasteiger partial charge on any atom is 0.336 e. The van der Waals surface area contributed by atoms with Gasteiger partial charge in [-0.1, -0.05) is 24.9 Å². The largest absolute Gasteiger partial charge is 0.497 e. The Kier molecular flexibility index (Phi) is 5.77. The predicted octanol–water partition coefficient (Wildman–Crippen LogP) is 5.16. The van der Waals surface area contributed by atoms with Gasteiger partial charge in [-0.3, -0.25) is 0 Å². The van der Waals surface area contributed by atoms with Gasteiger partial charge in [0.1, 0.15) is 22.8 Å². The van der Waals surface area contributed by atoms with Gasteiger partial charge in [-0.15, -0.1) is 0 Å². The Bertz CT molecular complexity index is 1140. The van der Waals surface area contributed by atoms with Gasteiger partial charge in [-0.25, -0.2) is 4.79 Å². The summed E-state index contributed by atoms with van der Waals surface area (Å²) in [5.74, 6) is 1.96. The molecular formula is C23H24ClNO5. The quantitative estimate of drug-likeness (QED) is 0.504. The molecule has 6 nitrogen and oxygen atoms in total. The smallest absolute Gasteiger partial charge is 0.336 e. The summed E-state index contributed by atoms with van der Waals surface area (Å²) in [4.78, 5) is 14.3. The van der Waals surface area contributed by atoms with E-state index in [1.807, 2.05) is 29.2 Å². The van der Waals surface area contributed by atoms with Crippen molar-refractivity contribution < 1.29 is 18.6 Å². The SMILES string of the molecule is CCCCc1cc(=O)oc2c3c(c(Cl)cc12)OCN(c1cc(OC)ccc1OC)C3. The zero-order valence-electron chi connectivity index (χ0n) is 17.3. The molecule has 0 unspecified atom stereocenters. The van der Waals surface area contributed by atoms with Crippen LogP contribution in [0.2, 0.25) is 5.02 Å². The lowest BCUT2D eigenvalue weighted by Crippen LogP contribution is -2.32. The molecule has 0 saturated heterocycles. The average Bonchev–Trinajstić information content (AvgIpc) is 2.77. The van der Waals surface area contributed by atoms with Gasteiger partial charge in [0.25, 0.3) is 0 Å². The van der Waals surface area contributed by atoms with Crippen molar-refractivity contribution in [1.29, 1.82) is 0 Å². The molecule has 30 heavy (non-hydrogen) atoms. The Morgan fingerprint density at radius 2 is 2.00 bits per heavy atom. The number of nitrogens with zero attached hydrogens (tertiary/aromatic N) is 1. The van der Waals surface area contributed by atoms with Gasteiger partial charge < -0.3 is 23.5 Å². The van der Waals surface area contributed by atoms with Crippen LogP contribution in [0.5, 0.6) is 17.2 Å². The number of aryl methyl sites for hydroxylation is 1. The minimum atomic E-state index is -0.366. The molecular weight excluding hydrogens is 406 g/mol. The van der Waals surface area contributed by atoms with Crippen LogP contribution in [0.15, 0.2) is 39.5 Å². The standard InChI is InChI=1S/C23H24ClNO5/c1-4-5-6-14-9-21(26)30-22-16(14)11-18(24)23-17(22)12-25(13-29-23)19-10-15(27-2)7-8-20(19)28-3/h7-11H,4-6,12-13H2,1-3H3. The Morgan fingerprint density at radius 1 is 1.17 bits per heavy atom. The summed E-state index contributed by atoms with van der Waals surface area (Å²) in [5.41, 5.74) is 2.68. The number of methoxy groups -OCH3 is 2. The van der Waals surface area contributed by atoms with E-state index in [9.17, 15) is 4.79 Å². The van der Waals surface area contributed by atoms with E-state index in [-0.39, 0.29) is 12.4 Å². The van der Waals surface area contributed by atoms with Crippen molar-refractivity contribution >= 4 is 28.3 Å². The lowest BCUT2D eigenvalue weighted by atomic mass is 10.0. The van der Waals surface area contributed by atoms with Crippen LogP contribution in [0.4, 0.5) is 5.69 Å². The first-order valence-corrected chi connectivity index (χ1v) is 10.3. The van der Waals surface area contributed by atoms with E-state index in [2.05, 4.69) is 6.92 Å². The van der Waals surface area contributed by atoms with Crippen LogP contribution in [0, 0.1) is 0 Å². The molecule has 3 aromatic rings. The topological polar surface area (TPSA) is 61.1 Å². The monoisotopic (exact) mass is 429 g/mol. The summed E-state index contributed by atoms with van der Waals surface area (Å²) >= 11 is 6.56. The number of rotatable bonds is 6. The van der Waals surface area contributed by atoms with Gasteiger partial charge in [-0.2, -0.15) is 0 Å². The van der Waals surface area contributed by atoms with Crippen LogP contribution in [0.25, 0.3) is 11.0 Å². The molecule has 0 aliphatic carbocycles. The van der Waals surface area contributed by atoms with Gasteiger partial charge in [0, 0.05) is 17.5 Å². The highest BCUT2D eigenvalue weighted by atomic mass is 35.5. The van der Waals surface area contributed by atoms with Crippen molar-refractivity contribution in [2.24, 2.45) is 0 Å². The number of hydrogen-bond donors (Lipinski definition) is 0. The third-order valence-corrected chi connectivity index (χ3v) is 5.64. The molecule has 158 valence electrons. The minimum absolute atomic E-state index is 0.279. The number of hydrogen-bond acceptors (Lipinski definition) is 6. The zero-order valence-corrected chi connectivity index (χ0v) is 18.0. The van der Waals surface area contributed by atoms with Gasteiger partial charge in [0.05, 0.1) is 37.0 Å². The molecule has 0 amide bonds. The summed E-state index contributed by atoms with van der Waals surface area (Å²) in [5, 5.41) is 1.37. The molecule has 2 heterocycles. The first-order valence-electron chi connectivity index (χ1n) is 9.93. The van der Waals surface area contributed by atoms with Crippen LogP contribution in [-0.4, -0.2) is 21.0 Å². The van der Waals surface area contributed by atoms with E-state index >= 15 is 0 Å². The lowest BCUT2D eigenvalue weighted by Gasteiger charge is -2.32. The second kappa shape index (κ2) is 8.48. The molecule has 0 saturated carbocycles. The first kappa shape index (κ1) is 20.4. The van der Waals surface area contributed by atoms with E-state index < -0.39 is 0 Å². The van der Waals surface area contributed by atoms with Crippen molar-refractivity contribution in [2.75, 3.05) is 25.9 Å². The van der Waals surface area contributed by atoms with Crippen molar-refractivity contribution in [3.8, 4) is 17.2 Å². The highest BCUT2D eigenvalue weighted by Gasteiger charge is 2.27. The maximum absolute atomic E-state index is 12.3. The second-order valence-corrected chi connectivity index (χ2v) is 7.65. The molecule has 0 N–H and O–H groups in total. The number of anilines is 1. The molecule has 0 atom stereocenters. The third-order valence-electron chi connectivity index (χ3n) is 5.36. The van der Waals surface area contributed by atoms with Crippen LogP contribution in [0.1, 0.15) is 30.9 Å². The molecule has 2 aromatic carbocycles. The highest BCUT2D eigenvalue weighted by molar-refractivity contribution is 6.33. The Morgan fingerprint density at radius 3 is 2.73 bits per heavy atom. The van der Waals surface area contributed by atoms with Crippen molar-refractivity contribution in [3.63, 3.8) is 0 Å². The fourth-order valence-electron chi connectivity index (χ4n) is 3.82. The fourth-order valence-corrected chi connectivity index (χ4v) is 4.10. The molecule has 1 aliphatic heterocycles. The highest BCUT2D eigenvalue weighted by Crippen LogP contribution is 2.42. The summed E-state index contributed by atoms with van der Waals surface area (Å²) in [6, 6.07) is 8.98. The second-order valence-electron chi connectivity index (χ2n) is 7.25. The predicted molar refractivity (Wildman–Crippen MR) is 117 cm³/mol. The first-order chi connectivity index (χ1) is 14.5. The molecule has 1 aliphatic rings. The molecule has 7 heteroatoms. The van der Waals surface area contributed by atoms with Gasteiger partial charge in [-0.05, 0) is 36.6 Å². The van der Waals surface area contributed by atoms with E-state index in [1.165, 1.54) is 0 Å². The van der Waals surface area contributed by atoms with Crippen LogP contribution in [-0.2, 0) is 13.0 Å². The Balaban J connectivity index is 1.84. The molecule has 0 bridgehead atoms. The summed E-state index contributed by atoms with van der Waals surface area (Å²) < 4.78 is 22.5. The Labute approximate surface area is 179 Å². The van der Waals surface area contributed by atoms with Crippen molar-refractivity contribution in [3.05, 3.63) is 56.9 Å². The lowest BCUT2D eigenvalue weighted by molar-refractivity contribution is 0.287. The van der Waals surface area contributed by atoms with Crippen LogP contribution < -0.4 is 24.7 Å². The summed E-state index contributed by atoms with van der Waals surface area (Å²) in [6.07, 6.45) is 2.81. The Hall–Kier alpha value is -2.86. The number of fused-ring (bicyclic) bond motifs is 3. The zero-order chi connectivity index (χ0) is 21.3. The van der Waals surface area contributed by atoms with E-state index in [0.717, 1.165) is 41.5 Å². The van der Waals surface area contributed by atoms with Gasteiger partial charge in [0.15, 0.2) is 6.73 Å². The van der Waals surface area contributed by atoms with E-state index in [4.69, 9.17) is 30.2 Å². The molecule has 0 spiro atoms. The molecule has 4 rings (SSSR count). The van der Waals surface area contributed by atoms with E-state index in [0.29, 0.717) is 34.4 Å². The number of unbranched alkanes of at least 4 members (excludes halogenated alkanes) is 1. The van der Waals surface area contributed by atoms with E-state index in [1.54, 1.807) is 20.3 Å². The van der Waals surface area contributed by atoms with Gasteiger partial charge in [0.2, 0.25) is 0 Å². The van der Waals surface area contributed by atoms with Crippen molar-refractivity contribution in [1.82, 2.24) is 0 Å². The van der Waals surface area contributed by atoms with Crippen LogP contribution >= 0.6 is 11.6 Å². The molecule has 1 aromatic heterocycles. The molecule has 0 radical (unpaired) electrons. The number of ether oxygens (including phenoxy) is 3. The average molecular weight is 430 g/mol. The fraction of sp³-hybridized carbons (Fsp3) is 0.348. The minimum Gasteiger partial charge on any atom is -0.497 e. The molecule has 0 fully saturated rings. The third kappa shape index (κ3) is 3.67. The summed E-state index contributed by atoms with van der Waals surface area (Å²) in [7, 11) is 3.24. The van der Waals surface area contributed by atoms with Gasteiger partial charge >= 0.3 is 5.63 Å². The maximum atomic E-state index is 12.3. The van der Waals surface area contributed by atoms with Crippen molar-refractivity contribution in [2.45, 2.75) is 32.7 Å².